The van der Waals surface area contributed by atoms with E-state index in [-0.39, 0.29) is 11.8 Å². The first kappa shape index (κ1) is 16.4. The predicted octanol–water partition coefficient (Wildman–Crippen LogP) is 3.36. The van der Waals surface area contributed by atoms with Crippen LogP contribution in [0.3, 0.4) is 0 Å². The van der Waals surface area contributed by atoms with Gasteiger partial charge in [-0.25, -0.2) is 9.18 Å². The van der Waals surface area contributed by atoms with E-state index in [2.05, 4.69) is 15.6 Å². The van der Waals surface area contributed by atoms with Gasteiger partial charge in [0.15, 0.2) is 0 Å². The van der Waals surface area contributed by atoms with Gasteiger partial charge in [0, 0.05) is 31.3 Å². The smallest absolute Gasteiger partial charge is 0.319 e. The Bertz CT molecular complexity index is 712. The molecule has 1 aromatic heterocycles. The molecule has 3 rings (SSSR count). The first-order chi connectivity index (χ1) is 11.6. The molecule has 5 nitrogen and oxygen atoms in total. The minimum atomic E-state index is -0.559. The zero-order valence-corrected chi connectivity index (χ0v) is 13.5. The van der Waals surface area contributed by atoms with Crippen LogP contribution in [0.1, 0.15) is 24.0 Å². The molecule has 1 aliphatic rings. The van der Waals surface area contributed by atoms with Crippen molar-refractivity contribution >= 4 is 11.7 Å². The number of amides is 2. The number of aryl methyl sites for hydroxylation is 1. The van der Waals surface area contributed by atoms with Crippen LogP contribution in [-0.4, -0.2) is 24.2 Å². The van der Waals surface area contributed by atoms with E-state index in [1.807, 2.05) is 6.92 Å². The molecule has 1 fully saturated rings. The van der Waals surface area contributed by atoms with E-state index in [0.717, 1.165) is 11.1 Å². The van der Waals surface area contributed by atoms with E-state index in [0.29, 0.717) is 31.7 Å². The average molecular weight is 329 g/mol. The third-order valence-corrected chi connectivity index (χ3v) is 4.36. The quantitative estimate of drug-likeness (QED) is 0.907. The van der Waals surface area contributed by atoms with E-state index in [4.69, 9.17) is 4.74 Å². The van der Waals surface area contributed by atoms with Crippen molar-refractivity contribution in [3.63, 3.8) is 0 Å². The number of hydrogen-bond acceptors (Lipinski definition) is 3. The molecule has 1 saturated heterocycles. The molecule has 2 amide bonds. The maximum atomic E-state index is 13.2. The minimum Gasteiger partial charge on any atom is -0.381 e. The largest absolute Gasteiger partial charge is 0.381 e. The molecule has 126 valence electrons. The van der Waals surface area contributed by atoms with E-state index in [1.165, 1.54) is 12.1 Å². The number of halogens is 1. The van der Waals surface area contributed by atoms with Crippen molar-refractivity contribution in [2.24, 2.45) is 0 Å². The van der Waals surface area contributed by atoms with E-state index in [1.54, 1.807) is 30.6 Å². The fourth-order valence-corrected chi connectivity index (χ4v) is 2.96. The maximum Gasteiger partial charge on any atom is 0.319 e. The van der Waals surface area contributed by atoms with Crippen molar-refractivity contribution in [3.05, 3.63) is 59.7 Å². The summed E-state index contributed by atoms with van der Waals surface area (Å²) >= 11 is 0. The third kappa shape index (κ3) is 3.54. The van der Waals surface area contributed by atoms with E-state index in [9.17, 15) is 9.18 Å². The van der Waals surface area contributed by atoms with E-state index >= 15 is 0 Å². The molecule has 0 saturated carbocycles. The number of nitrogens with one attached hydrogen (secondary N) is 2. The van der Waals surface area contributed by atoms with Gasteiger partial charge in [-0.2, -0.15) is 0 Å². The van der Waals surface area contributed by atoms with Crippen LogP contribution >= 0.6 is 0 Å². The number of carbonyl (C=O) groups is 1. The second kappa shape index (κ2) is 6.97. The van der Waals surface area contributed by atoms with Crippen LogP contribution < -0.4 is 10.6 Å². The fraction of sp³-hybridized carbons (Fsp3) is 0.333. The number of aromatic nitrogens is 1. The second-order valence-corrected chi connectivity index (χ2v) is 5.97. The summed E-state index contributed by atoms with van der Waals surface area (Å²) in [4.78, 5) is 16.5. The lowest BCUT2D eigenvalue weighted by Gasteiger charge is -2.38. The van der Waals surface area contributed by atoms with Crippen LogP contribution in [0.5, 0.6) is 0 Å². The Hall–Kier alpha value is -2.47. The predicted molar refractivity (Wildman–Crippen MR) is 89.3 cm³/mol. The summed E-state index contributed by atoms with van der Waals surface area (Å²) in [5.74, 6) is -0.294. The molecule has 1 aliphatic heterocycles. The number of benzene rings is 1. The van der Waals surface area contributed by atoms with Gasteiger partial charge < -0.3 is 15.4 Å². The molecule has 0 unspecified atom stereocenters. The van der Waals surface area contributed by atoms with Gasteiger partial charge in [-0.15, -0.1) is 0 Å². The molecule has 1 aromatic carbocycles. The maximum absolute atomic E-state index is 13.2. The van der Waals surface area contributed by atoms with Crippen molar-refractivity contribution in [3.8, 4) is 0 Å². The van der Waals surface area contributed by atoms with Crippen molar-refractivity contribution in [2.75, 3.05) is 18.5 Å². The van der Waals surface area contributed by atoms with Crippen LogP contribution in [0.15, 0.2) is 42.7 Å². The standard InChI is InChI=1S/C18H20FN3O2/c1-13-12-20-9-6-16(13)21-17(23)22-18(7-10-24-11-8-18)14-2-4-15(19)5-3-14/h2-6,9,12H,7-8,10-11H2,1H3,(H2,20,21,22,23). The topological polar surface area (TPSA) is 63.2 Å². The Labute approximate surface area is 140 Å². The molecule has 0 aliphatic carbocycles. The number of nitrogens with zero attached hydrogens (tertiary/aromatic N) is 1. The van der Waals surface area contributed by atoms with Gasteiger partial charge >= 0.3 is 6.03 Å². The van der Waals surface area contributed by atoms with Gasteiger partial charge in [0.1, 0.15) is 5.82 Å². The molecule has 6 heteroatoms. The van der Waals surface area contributed by atoms with Crippen molar-refractivity contribution in [1.29, 1.82) is 0 Å². The lowest BCUT2D eigenvalue weighted by Crippen LogP contribution is -2.51. The summed E-state index contributed by atoms with van der Waals surface area (Å²) in [6.07, 6.45) is 4.61. The summed E-state index contributed by atoms with van der Waals surface area (Å²) in [5.41, 5.74) is 1.92. The highest BCUT2D eigenvalue weighted by Gasteiger charge is 2.36. The zero-order valence-electron chi connectivity index (χ0n) is 13.5. The first-order valence-corrected chi connectivity index (χ1v) is 7.93. The van der Waals surface area contributed by atoms with Crippen LogP contribution in [-0.2, 0) is 10.3 Å². The van der Waals surface area contributed by atoms with Crippen LogP contribution in [0, 0.1) is 12.7 Å². The summed E-state index contributed by atoms with van der Waals surface area (Å²) in [7, 11) is 0. The number of carbonyl (C=O) groups excluding carboxylic acids is 1. The molecule has 0 radical (unpaired) electrons. The number of anilines is 1. The minimum absolute atomic E-state index is 0.294. The number of ether oxygens (including phenoxy) is 1. The van der Waals surface area contributed by atoms with E-state index < -0.39 is 5.54 Å². The summed E-state index contributed by atoms with van der Waals surface area (Å²) in [5, 5.41) is 5.93. The van der Waals surface area contributed by atoms with Gasteiger partial charge in [0.2, 0.25) is 0 Å². The summed E-state index contributed by atoms with van der Waals surface area (Å²) in [6.45, 7) is 2.98. The summed E-state index contributed by atoms with van der Waals surface area (Å²) in [6, 6.07) is 7.73. The molecule has 0 atom stereocenters. The SMILES string of the molecule is Cc1cnccc1NC(=O)NC1(c2ccc(F)cc2)CCOCC1. The zero-order chi connectivity index (χ0) is 17.0. The fourth-order valence-electron chi connectivity index (χ4n) is 2.96. The molecule has 0 bridgehead atoms. The Balaban J connectivity index is 1.80. The Morgan fingerprint density at radius 2 is 1.92 bits per heavy atom. The normalized spacial score (nSPS) is 16.4. The van der Waals surface area contributed by atoms with Gasteiger partial charge in [-0.1, -0.05) is 12.1 Å². The molecule has 24 heavy (non-hydrogen) atoms. The molecule has 2 heterocycles. The number of pyridine rings is 1. The van der Waals surface area contributed by atoms with Crippen LogP contribution in [0.25, 0.3) is 0 Å². The monoisotopic (exact) mass is 329 g/mol. The highest BCUT2D eigenvalue weighted by atomic mass is 19.1. The van der Waals surface area contributed by atoms with Crippen LogP contribution in [0.2, 0.25) is 0 Å². The molecular weight excluding hydrogens is 309 g/mol. The number of hydrogen-bond donors (Lipinski definition) is 2. The average Bonchev–Trinajstić information content (AvgIpc) is 2.58. The third-order valence-electron chi connectivity index (χ3n) is 4.36. The highest BCUT2D eigenvalue weighted by molar-refractivity contribution is 5.90. The molecule has 2 N–H and O–H groups in total. The summed E-state index contributed by atoms with van der Waals surface area (Å²) < 4.78 is 18.7. The molecule has 2 aromatic rings. The van der Waals surface area contributed by atoms with Gasteiger partial charge in [0.05, 0.1) is 5.54 Å². The Kier molecular flexibility index (Phi) is 4.76. The highest BCUT2D eigenvalue weighted by Crippen LogP contribution is 2.32. The van der Waals surface area contributed by atoms with Crippen LogP contribution in [0.4, 0.5) is 14.9 Å². The second-order valence-electron chi connectivity index (χ2n) is 5.97. The van der Waals surface area contributed by atoms with Gasteiger partial charge in [-0.3, -0.25) is 4.98 Å². The lowest BCUT2D eigenvalue weighted by molar-refractivity contribution is 0.0417. The number of rotatable bonds is 3. The molecular formula is C18H20FN3O2. The van der Waals surface area contributed by atoms with Gasteiger partial charge in [-0.05, 0) is 49.1 Å². The van der Waals surface area contributed by atoms with Crippen molar-refractivity contribution in [1.82, 2.24) is 10.3 Å². The Morgan fingerprint density at radius 1 is 1.21 bits per heavy atom. The van der Waals surface area contributed by atoms with Crippen molar-refractivity contribution < 1.29 is 13.9 Å². The lowest BCUT2D eigenvalue weighted by atomic mass is 9.83. The van der Waals surface area contributed by atoms with Gasteiger partial charge in [0.25, 0.3) is 0 Å². The number of urea groups is 1. The Morgan fingerprint density at radius 3 is 2.58 bits per heavy atom. The molecule has 0 spiro atoms. The first-order valence-electron chi connectivity index (χ1n) is 7.93. The van der Waals surface area contributed by atoms with Crippen molar-refractivity contribution in [2.45, 2.75) is 25.3 Å².